The molecule has 2 rings (SSSR count). The first kappa shape index (κ1) is 17.8. The van der Waals surface area contributed by atoms with E-state index in [1.807, 2.05) is 24.3 Å². The molecule has 0 atom stereocenters. The maximum Gasteiger partial charge on any atom is 0.124 e. The van der Waals surface area contributed by atoms with Gasteiger partial charge in [-0.2, -0.15) is 0 Å². The first-order valence-corrected chi connectivity index (χ1v) is 8.29. The second kappa shape index (κ2) is 8.90. The molecule has 0 unspecified atom stereocenters. The summed E-state index contributed by atoms with van der Waals surface area (Å²) in [7, 11) is 0. The van der Waals surface area contributed by atoms with Crippen LogP contribution in [0.25, 0.3) is 0 Å². The normalized spacial score (nSPS) is 11.0. The van der Waals surface area contributed by atoms with Gasteiger partial charge in [-0.3, -0.25) is 0 Å². The Morgan fingerprint density at radius 3 is 2.52 bits per heavy atom. The Hall–Kier alpha value is -1.58. The fourth-order valence-corrected chi connectivity index (χ4v) is 2.35. The highest BCUT2D eigenvalue weighted by atomic mass is 35.5. The standard InChI is InChI=1S/C19H23ClFNO/c1-14(2)9-10-22-12-15-3-7-18(8-4-15)23-13-16-5-6-17(21)11-19(16)20/h3-8,11,14,22H,9-10,12-13H2,1-2H3. The van der Waals surface area contributed by atoms with Gasteiger partial charge in [0.25, 0.3) is 0 Å². The van der Waals surface area contributed by atoms with Crippen molar-refractivity contribution < 1.29 is 9.13 Å². The Kier molecular flexibility index (Phi) is 6.87. The molecule has 1 N–H and O–H groups in total. The van der Waals surface area contributed by atoms with Crippen LogP contribution in [0.15, 0.2) is 42.5 Å². The van der Waals surface area contributed by atoms with Crippen molar-refractivity contribution >= 4 is 11.6 Å². The topological polar surface area (TPSA) is 21.3 Å². The molecule has 0 aliphatic heterocycles. The summed E-state index contributed by atoms with van der Waals surface area (Å²) in [5.74, 6) is 1.15. The molecule has 0 heterocycles. The van der Waals surface area contributed by atoms with Gasteiger partial charge in [0.2, 0.25) is 0 Å². The highest BCUT2D eigenvalue weighted by Crippen LogP contribution is 2.20. The SMILES string of the molecule is CC(C)CCNCc1ccc(OCc2ccc(F)cc2Cl)cc1. The van der Waals surface area contributed by atoms with E-state index in [1.165, 1.54) is 24.1 Å². The molecule has 0 radical (unpaired) electrons. The fourth-order valence-electron chi connectivity index (χ4n) is 2.13. The summed E-state index contributed by atoms with van der Waals surface area (Å²) < 4.78 is 18.7. The first-order valence-electron chi connectivity index (χ1n) is 7.91. The smallest absolute Gasteiger partial charge is 0.124 e. The van der Waals surface area contributed by atoms with Crippen LogP contribution < -0.4 is 10.1 Å². The van der Waals surface area contributed by atoms with Crippen molar-refractivity contribution in [2.24, 2.45) is 5.92 Å². The van der Waals surface area contributed by atoms with Crippen LogP contribution in [0.4, 0.5) is 4.39 Å². The van der Waals surface area contributed by atoms with Gasteiger partial charge in [0, 0.05) is 12.1 Å². The average molecular weight is 336 g/mol. The number of hydrogen-bond acceptors (Lipinski definition) is 2. The van der Waals surface area contributed by atoms with E-state index in [1.54, 1.807) is 6.07 Å². The molecule has 0 spiro atoms. The second-order valence-electron chi connectivity index (χ2n) is 6.03. The van der Waals surface area contributed by atoms with E-state index in [2.05, 4.69) is 19.2 Å². The summed E-state index contributed by atoms with van der Waals surface area (Å²) in [6, 6.07) is 12.3. The Bertz CT molecular complexity index is 613. The average Bonchev–Trinajstić information content (AvgIpc) is 2.52. The van der Waals surface area contributed by atoms with Crippen molar-refractivity contribution in [3.63, 3.8) is 0 Å². The Morgan fingerprint density at radius 2 is 1.87 bits per heavy atom. The molecule has 0 fully saturated rings. The van der Waals surface area contributed by atoms with Gasteiger partial charge >= 0.3 is 0 Å². The summed E-state index contributed by atoms with van der Waals surface area (Å²) in [5.41, 5.74) is 1.99. The number of halogens is 2. The maximum absolute atomic E-state index is 13.0. The zero-order valence-corrected chi connectivity index (χ0v) is 14.4. The Balaban J connectivity index is 1.80. The monoisotopic (exact) mass is 335 g/mol. The molecule has 0 aliphatic rings. The van der Waals surface area contributed by atoms with Gasteiger partial charge < -0.3 is 10.1 Å². The molecule has 23 heavy (non-hydrogen) atoms. The van der Waals surface area contributed by atoms with E-state index < -0.39 is 0 Å². The molecule has 0 saturated carbocycles. The van der Waals surface area contributed by atoms with Crippen molar-refractivity contribution in [1.29, 1.82) is 0 Å². The van der Waals surface area contributed by atoms with E-state index >= 15 is 0 Å². The molecule has 0 amide bonds. The van der Waals surface area contributed by atoms with Crippen molar-refractivity contribution in [2.45, 2.75) is 33.4 Å². The van der Waals surface area contributed by atoms with E-state index in [4.69, 9.17) is 16.3 Å². The van der Waals surface area contributed by atoms with Gasteiger partial charge in [0.1, 0.15) is 18.2 Å². The number of hydrogen-bond donors (Lipinski definition) is 1. The summed E-state index contributed by atoms with van der Waals surface area (Å²) in [6.45, 7) is 6.66. The van der Waals surface area contributed by atoms with Crippen LogP contribution in [0.1, 0.15) is 31.4 Å². The van der Waals surface area contributed by atoms with Crippen LogP contribution in [-0.4, -0.2) is 6.54 Å². The molecule has 2 aromatic carbocycles. The van der Waals surface area contributed by atoms with Gasteiger partial charge in [-0.05, 0) is 48.7 Å². The summed E-state index contributed by atoms with van der Waals surface area (Å²) in [4.78, 5) is 0. The molecular weight excluding hydrogens is 313 g/mol. The van der Waals surface area contributed by atoms with Gasteiger partial charge in [-0.25, -0.2) is 4.39 Å². The van der Waals surface area contributed by atoms with E-state index in [9.17, 15) is 4.39 Å². The lowest BCUT2D eigenvalue weighted by molar-refractivity contribution is 0.306. The summed E-state index contributed by atoms with van der Waals surface area (Å²) >= 11 is 5.99. The zero-order valence-electron chi connectivity index (χ0n) is 13.6. The molecule has 2 nitrogen and oxygen atoms in total. The van der Waals surface area contributed by atoms with Gasteiger partial charge in [-0.15, -0.1) is 0 Å². The van der Waals surface area contributed by atoms with Crippen LogP contribution in [0.2, 0.25) is 5.02 Å². The number of rotatable bonds is 8. The van der Waals surface area contributed by atoms with Crippen molar-refractivity contribution in [3.8, 4) is 5.75 Å². The van der Waals surface area contributed by atoms with E-state index in [-0.39, 0.29) is 5.82 Å². The molecular formula is C19H23ClFNO. The third kappa shape index (κ3) is 6.20. The largest absolute Gasteiger partial charge is 0.489 e. The Labute approximate surface area is 142 Å². The minimum Gasteiger partial charge on any atom is -0.489 e. The van der Waals surface area contributed by atoms with Crippen LogP contribution in [-0.2, 0) is 13.2 Å². The Morgan fingerprint density at radius 1 is 1.13 bits per heavy atom. The second-order valence-corrected chi connectivity index (χ2v) is 6.43. The summed E-state index contributed by atoms with van der Waals surface area (Å²) in [5, 5.41) is 3.81. The molecule has 2 aromatic rings. The van der Waals surface area contributed by atoms with Crippen molar-refractivity contribution in [2.75, 3.05) is 6.54 Å². The van der Waals surface area contributed by atoms with Crippen molar-refractivity contribution in [3.05, 3.63) is 64.4 Å². The summed E-state index contributed by atoms with van der Waals surface area (Å²) in [6.07, 6.45) is 1.18. The molecule has 124 valence electrons. The molecule has 0 saturated heterocycles. The number of nitrogens with one attached hydrogen (secondary N) is 1. The van der Waals surface area contributed by atoms with Crippen LogP contribution >= 0.6 is 11.6 Å². The highest BCUT2D eigenvalue weighted by molar-refractivity contribution is 6.31. The number of benzene rings is 2. The molecule has 4 heteroatoms. The molecule has 0 bridgehead atoms. The van der Waals surface area contributed by atoms with Crippen LogP contribution in [0, 0.1) is 11.7 Å². The quantitative estimate of drug-likeness (QED) is 0.670. The van der Waals surface area contributed by atoms with Gasteiger partial charge in [0.15, 0.2) is 0 Å². The molecule has 0 aliphatic carbocycles. The number of ether oxygens (including phenoxy) is 1. The predicted molar refractivity (Wildman–Crippen MR) is 93.3 cm³/mol. The lowest BCUT2D eigenvalue weighted by Crippen LogP contribution is -2.16. The minimum absolute atomic E-state index is 0.325. The van der Waals surface area contributed by atoms with Crippen LogP contribution in [0.3, 0.4) is 0 Å². The van der Waals surface area contributed by atoms with Gasteiger partial charge in [0.05, 0.1) is 5.02 Å². The van der Waals surface area contributed by atoms with Crippen molar-refractivity contribution in [1.82, 2.24) is 5.32 Å². The third-order valence-electron chi connectivity index (χ3n) is 3.56. The predicted octanol–water partition coefficient (Wildman–Crippen LogP) is 5.19. The highest BCUT2D eigenvalue weighted by Gasteiger charge is 2.03. The molecule has 0 aromatic heterocycles. The third-order valence-corrected chi connectivity index (χ3v) is 3.91. The lowest BCUT2D eigenvalue weighted by atomic mass is 10.1. The van der Waals surface area contributed by atoms with Crippen LogP contribution in [0.5, 0.6) is 5.75 Å². The van der Waals surface area contributed by atoms with E-state index in [0.29, 0.717) is 11.6 Å². The van der Waals surface area contributed by atoms with E-state index in [0.717, 1.165) is 30.3 Å². The van der Waals surface area contributed by atoms with Gasteiger partial charge in [-0.1, -0.05) is 43.6 Å². The minimum atomic E-state index is -0.340. The lowest BCUT2D eigenvalue weighted by Gasteiger charge is -2.10. The zero-order chi connectivity index (χ0) is 16.7. The first-order chi connectivity index (χ1) is 11.0. The fraction of sp³-hybridized carbons (Fsp3) is 0.368. The maximum atomic E-state index is 13.0.